The third kappa shape index (κ3) is 14.5. The zero-order valence-corrected chi connectivity index (χ0v) is 58.1. The van der Waals surface area contributed by atoms with Crippen molar-refractivity contribution in [3.8, 4) is 101 Å². The summed E-state index contributed by atoms with van der Waals surface area (Å²) in [4.78, 5) is 17.3. The first-order valence-corrected chi connectivity index (χ1v) is 31.0. The Kier molecular flexibility index (Phi) is 21.0. The number of hydrogen-bond donors (Lipinski definition) is 0. The average molecular weight is 1600 g/mol. The van der Waals surface area contributed by atoms with Crippen LogP contribution in [0.25, 0.3) is 106 Å². The molecule has 12 aromatic carbocycles. The molecule has 0 saturated heterocycles. The van der Waals surface area contributed by atoms with Crippen LogP contribution in [-0.4, -0.2) is 26.1 Å². The fourth-order valence-corrected chi connectivity index (χ4v) is 12.1. The van der Waals surface area contributed by atoms with Crippen molar-refractivity contribution in [2.45, 2.75) is 27.7 Å². The Hall–Kier alpha value is -10.7. The van der Waals surface area contributed by atoms with Gasteiger partial charge in [0.25, 0.3) is 0 Å². The largest absolute Gasteiger partial charge is 3.00 e. The minimum absolute atomic E-state index is 0. The number of benzene rings is 12. The van der Waals surface area contributed by atoms with E-state index in [0.29, 0.717) is 22.9 Å². The van der Waals surface area contributed by atoms with Crippen molar-refractivity contribution in [2.75, 3.05) is 16.8 Å². The number of aryl methyl sites for hydroxylation is 4. The molecule has 0 saturated carbocycles. The van der Waals surface area contributed by atoms with Crippen LogP contribution in [-0.2, 0) is 40.2 Å². The molecule has 1 aliphatic heterocycles. The SMILES string of the molecule is Cc1cc(C)cc(-c2cc(-c3ccccc3)c(-n3ccnc3-c3[c-]cc(F)cc3)c(-c3ccccc3)c2)c1.Cc1ccc(-c2cc(N3[CH-]N(C)c4ccccc43)[c-]cc2C)cc1.[C-]#[N+]c1cc(-c2ccccc2)c(-n2ccnc2-c2[c-]cc(F)cc2)c(-c2ccccc2)c1.[Ir+3].[Ir]. The zero-order chi connectivity index (χ0) is 64.7. The van der Waals surface area contributed by atoms with Gasteiger partial charge in [-0.25, -0.2) is 4.85 Å². The van der Waals surface area contributed by atoms with Crippen molar-refractivity contribution >= 4 is 22.7 Å². The number of nitrogens with zero attached hydrogens (tertiary/aromatic N) is 7. The van der Waals surface area contributed by atoms with Gasteiger partial charge in [-0.05, 0) is 114 Å². The molecule has 0 unspecified atom stereocenters. The molecule has 0 bridgehead atoms. The molecule has 0 amide bonds. The van der Waals surface area contributed by atoms with Gasteiger partial charge in [-0.3, -0.25) is 18.7 Å². The Morgan fingerprint density at radius 1 is 0.417 bits per heavy atom. The second kappa shape index (κ2) is 30.2. The predicted molar refractivity (Wildman–Crippen MR) is 380 cm³/mol. The van der Waals surface area contributed by atoms with Crippen LogP contribution in [0.5, 0.6) is 0 Å². The molecule has 0 fully saturated rings. The molecule has 14 aromatic rings. The van der Waals surface area contributed by atoms with Gasteiger partial charge in [0.2, 0.25) is 0 Å². The standard InChI is InChI=1S/C35H26FN2.C28H17FN3.C22H20N2.2Ir/c1-24-19-25(2)21-29(20-24)30-22-32(26-9-5-3-6-10-26)34(33(23-30)27-11-7-4-8-12-27)38-18-17-37-35(38)28-13-15-31(36)16-14-28;1-30-24-18-25(20-8-4-2-5-9-20)27(26(19-24)21-10-6-3-7-11-21)32-17-16-31-28(32)22-12-14-23(29)15-13-22;1-16-8-11-18(12-9-16)20-14-19(13-10-17(20)2)24-15-23(3)21-6-4-5-7-22(21)24;;/h3-13,15-23H,1-2H3;2-12,14-19H;4-12,14-15H,1-3H3;;/q2*-1;-2;;+3. The van der Waals surface area contributed by atoms with E-state index in [9.17, 15) is 8.78 Å². The fourth-order valence-electron chi connectivity index (χ4n) is 12.1. The van der Waals surface area contributed by atoms with Gasteiger partial charge in [-0.1, -0.05) is 200 Å². The molecule has 0 atom stereocenters. The van der Waals surface area contributed by atoms with Gasteiger partial charge in [0.15, 0.2) is 5.69 Å². The Morgan fingerprint density at radius 2 is 0.833 bits per heavy atom. The topological polar surface area (TPSA) is 46.5 Å². The first-order chi connectivity index (χ1) is 45.9. The number of imidazole rings is 2. The first-order valence-electron chi connectivity index (χ1n) is 31.0. The summed E-state index contributed by atoms with van der Waals surface area (Å²) in [5.41, 5.74) is 25.4. The molecule has 1 radical (unpaired) electrons. The number of hydrogen-bond acceptors (Lipinski definition) is 4. The Morgan fingerprint density at radius 3 is 1.27 bits per heavy atom. The third-order valence-electron chi connectivity index (χ3n) is 16.6. The van der Waals surface area contributed by atoms with E-state index in [-0.39, 0.29) is 51.8 Å². The molecule has 15 rings (SSSR count). The van der Waals surface area contributed by atoms with Gasteiger partial charge < -0.3 is 18.9 Å². The molecule has 1 aliphatic rings. The third-order valence-corrected chi connectivity index (χ3v) is 16.6. The van der Waals surface area contributed by atoms with E-state index in [1.165, 1.54) is 74.6 Å². The first kappa shape index (κ1) is 66.8. The van der Waals surface area contributed by atoms with E-state index in [1.807, 2.05) is 102 Å². The van der Waals surface area contributed by atoms with Crippen molar-refractivity contribution in [2.24, 2.45) is 0 Å². The maximum atomic E-state index is 13.7. The zero-order valence-electron chi connectivity index (χ0n) is 53.3. The number of halogens is 2. The summed E-state index contributed by atoms with van der Waals surface area (Å²) < 4.78 is 31.3. The molecule has 0 N–H and O–H groups in total. The fraction of sp³-hybridized carbons (Fsp3) is 0.0588. The number of anilines is 3. The predicted octanol–water partition coefficient (Wildman–Crippen LogP) is 21.9. The quantitative estimate of drug-likeness (QED) is 0.121. The van der Waals surface area contributed by atoms with E-state index in [2.05, 4.69) is 228 Å². The van der Waals surface area contributed by atoms with Crippen LogP contribution in [0.1, 0.15) is 22.3 Å². The van der Waals surface area contributed by atoms with Crippen molar-refractivity contribution in [3.63, 3.8) is 0 Å². The minimum atomic E-state index is -0.344. The van der Waals surface area contributed by atoms with Gasteiger partial charge in [-0.2, -0.15) is 24.4 Å². The van der Waals surface area contributed by atoms with Gasteiger partial charge in [0.1, 0.15) is 0 Å². The second-order valence-electron chi connectivity index (χ2n) is 23.2. The van der Waals surface area contributed by atoms with Gasteiger partial charge >= 0.3 is 20.1 Å². The summed E-state index contributed by atoms with van der Waals surface area (Å²) in [6, 6.07) is 95.7. The summed E-state index contributed by atoms with van der Waals surface area (Å²) in [5.74, 6) is 0.691. The van der Waals surface area contributed by atoms with Crippen molar-refractivity contribution in [3.05, 3.63) is 356 Å². The molecule has 96 heavy (non-hydrogen) atoms. The molecule has 2 aromatic heterocycles. The smallest absolute Gasteiger partial charge is 0.504 e. The Bertz CT molecular complexity index is 4870. The van der Waals surface area contributed by atoms with Gasteiger partial charge in [0.05, 0.1) is 29.6 Å². The maximum absolute atomic E-state index is 13.7. The summed E-state index contributed by atoms with van der Waals surface area (Å²) in [5, 5.41) is 0. The summed E-state index contributed by atoms with van der Waals surface area (Å²) in [6.07, 6.45) is 7.36. The Labute approximate surface area is 587 Å². The van der Waals surface area contributed by atoms with Crippen LogP contribution in [0.15, 0.2) is 286 Å². The van der Waals surface area contributed by atoms with Crippen molar-refractivity contribution in [1.82, 2.24) is 19.1 Å². The second-order valence-corrected chi connectivity index (χ2v) is 23.2. The number of para-hydroxylation sites is 2. The number of fused-ring (bicyclic) bond motifs is 1. The molecule has 0 spiro atoms. The summed E-state index contributed by atoms with van der Waals surface area (Å²) in [7, 11) is 2.08. The normalized spacial score (nSPS) is 11.2. The van der Waals surface area contributed by atoms with Crippen LogP contribution in [0.2, 0.25) is 0 Å². The monoisotopic (exact) mass is 1610 g/mol. The van der Waals surface area contributed by atoms with E-state index >= 15 is 0 Å². The molecule has 3 heterocycles. The van der Waals surface area contributed by atoms with E-state index < -0.39 is 0 Å². The van der Waals surface area contributed by atoms with Crippen LogP contribution in [0.4, 0.5) is 31.5 Å². The minimum Gasteiger partial charge on any atom is -0.504 e. The van der Waals surface area contributed by atoms with Crippen LogP contribution >= 0.6 is 0 Å². The summed E-state index contributed by atoms with van der Waals surface area (Å²) >= 11 is 0. The molecule has 0 aliphatic carbocycles. The average Bonchev–Trinajstić information content (AvgIpc) is 0.971. The number of aromatic nitrogens is 4. The van der Waals surface area contributed by atoms with Gasteiger partial charge in [0, 0.05) is 79.0 Å². The van der Waals surface area contributed by atoms with Crippen molar-refractivity contribution in [1.29, 1.82) is 0 Å². The molecular weight excluding hydrogens is 1540 g/mol. The maximum Gasteiger partial charge on any atom is 3.00 e. The van der Waals surface area contributed by atoms with E-state index in [1.54, 1.807) is 24.5 Å². The van der Waals surface area contributed by atoms with E-state index in [0.717, 1.165) is 72.7 Å². The Balaban J connectivity index is 0.000000148. The van der Waals surface area contributed by atoms with Crippen LogP contribution < -0.4 is 9.80 Å². The van der Waals surface area contributed by atoms with Gasteiger partial charge in [-0.15, -0.1) is 77.0 Å². The molecule has 11 heteroatoms. The molecule has 7 nitrogen and oxygen atoms in total. The molecular formula is C85H63F2Ir2N7-. The van der Waals surface area contributed by atoms with Crippen molar-refractivity contribution < 1.29 is 49.0 Å². The van der Waals surface area contributed by atoms with Crippen LogP contribution in [0.3, 0.4) is 0 Å². The molecule has 471 valence electrons. The van der Waals surface area contributed by atoms with Crippen LogP contribution in [0, 0.1) is 70.8 Å². The number of rotatable bonds is 11. The summed E-state index contributed by atoms with van der Waals surface area (Å²) in [6.45, 7) is 18.3. The van der Waals surface area contributed by atoms with E-state index in [4.69, 9.17) is 6.57 Å².